The molecule has 0 saturated carbocycles. The lowest BCUT2D eigenvalue weighted by atomic mass is 10.00. The van der Waals surface area contributed by atoms with E-state index in [9.17, 15) is 21.6 Å². The molecule has 0 radical (unpaired) electrons. The average molecular weight is 531 g/mol. The summed E-state index contributed by atoms with van der Waals surface area (Å²) in [7, 11) is -4.03. The van der Waals surface area contributed by atoms with Crippen LogP contribution in [0.4, 0.5) is 18.9 Å². The predicted octanol–water partition coefficient (Wildman–Crippen LogP) is 7.71. The number of benzene rings is 2. The van der Waals surface area contributed by atoms with Crippen LogP contribution in [-0.2, 0) is 16.2 Å². The van der Waals surface area contributed by atoms with Gasteiger partial charge >= 0.3 is 6.18 Å². The Balaban J connectivity index is 1.94. The molecule has 0 unspecified atom stereocenters. The Bertz CT molecular complexity index is 1500. The molecule has 0 bridgehead atoms. The van der Waals surface area contributed by atoms with Crippen LogP contribution in [0.3, 0.4) is 0 Å². The molecule has 4 aromatic rings. The van der Waals surface area contributed by atoms with Gasteiger partial charge in [-0.3, -0.25) is 4.72 Å². The van der Waals surface area contributed by atoms with Crippen LogP contribution in [0.25, 0.3) is 21.3 Å². The quantitative estimate of drug-likeness (QED) is 0.294. The van der Waals surface area contributed by atoms with E-state index >= 15 is 0 Å². The first-order valence-electron chi connectivity index (χ1n) is 9.43. The summed E-state index contributed by atoms with van der Waals surface area (Å²) < 4.78 is 69.0. The number of aromatic nitrogens is 1. The van der Waals surface area contributed by atoms with Gasteiger partial charge in [-0.15, -0.1) is 11.3 Å². The number of halogens is 5. The Morgan fingerprint density at radius 2 is 1.76 bits per heavy atom. The van der Waals surface area contributed by atoms with Gasteiger partial charge in [0.1, 0.15) is 4.83 Å². The van der Waals surface area contributed by atoms with Crippen LogP contribution >= 0.6 is 34.5 Å². The molecule has 172 valence electrons. The van der Waals surface area contributed by atoms with E-state index in [2.05, 4.69) is 9.71 Å². The second-order valence-electron chi connectivity index (χ2n) is 7.28. The highest BCUT2D eigenvalue weighted by Crippen LogP contribution is 2.44. The third kappa shape index (κ3) is 4.68. The van der Waals surface area contributed by atoms with Gasteiger partial charge in [0, 0.05) is 26.5 Å². The Hall–Kier alpha value is -2.33. The molecule has 0 spiro atoms. The second kappa shape index (κ2) is 8.47. The highest BCUT2D eigenvalue weighted by atomic mass is 35.5. The fourth-order valence-corrected chi connectivity index (χ4v) is 6.20. The lowest BCUT2D eigenvalue weighted by Crippen LogP contribution is -2.13. The number of thiophene rings is 1. The molecule has 2 aromatic carbocycles. The largest absolute Gasteiger partial charge is 0.417 e. The maximum atomic E-state index is 13.5. The van der Waals surface area contributed by atoms with Crippen molar-refractivity contribution in [1.29, 1.82) is 0 Å². The van der Waals surface area contributed by atoms with Gasteiger partial charge in [0.25, 0.3) is 10.0 Å². The van der Waals surface area contributed by atoms with Gasteiger partial charge in [-0.05, 0) is 55.8 Å². The molecular weight excluding hydrogens is 516 g/mol. The molecule has 0 saturated heterocycles. The van der Waals surface area contributed by atoms with Crippen LogP contribution in [0.1, 0.15) is 16.1 Å². The maximum absolute atomic E-state index is 13.5. The van der Waals surface area contributed by atoms with Crippen molar-refractivity contribution >= 4 is 60.5 Å². The number of nitrogens with one attached hydrogen (secondary N) is 1. The minimum absolute atomic E-state index is 0.0445. The lowest BCUT2D eigenvalue weighted by Gasteiger charge is -2.14. The summed E-state index contributed by atoms with van der Waals surface area (Å²) in [6.07, 6.45) is -4.64. The van der Waals surface area contributed by atoms with Crippen LogP contribution in [-0.4, -0.2) is 13.4 Å². The number of sulfonamides is 1. The number of nitrogens with zero attached hydrogens (tertiary/aromatic N) is 1. The van der Waals surface area contributed by atoms with E-state index in [1.165, 1.54) is 41.7 Å². The average Bonchev–Trinajstić information content (AvgIpc) is 3.03. The molecule has 0 amide bonds. The second-order valence-corrected chi connectivity index (χ2v) is 11.0. The molecule has 1 N–H and O–H groups in total. The monoisotopic (exact) mass is 530 g/mol. The highest BCUT2D eigenvalue weighted by Gasteiger charge is 2.34. The third-order valence-electron chi connectivity index (χ3n) is 4.88. The van der Waals surface area contributed by atoms with Crippen LogP contribution in [0.2, 0.25) is 10.0 Å². The SMILES string of the molecule is Cc1cc(NS(=O)(=O)c2cccc(Cl)c2)c2c(-c3ccc(Cl)c(C(F)(F)F)c3)c(C)sc2n1. The molecular formula is C22H15Cl2F3N2O2S2. The Morgan fingerprint density at radius 1 is 1.03 bits per heavy atom. The molecule has 4 nitrogen and oxygen atoms in total. The summed E-state index contributed by atoms with van der Waals surface area (Å²) in [5, 5.41) is 0.241. The van der Waals surface area contributed by atoms with Crippen molar-refractivity contribution in [1.82, 2.24) is 4.98 Å². The van der Waals surface area contributed by atoms with Crippen molar-refractivity contribution in [3.05, 3.63) is 74.7 Å². The molecule has 4 rings (SSSR count). The molecule has 0 aliphatic carbocycles. The molecule has 0 aliphatic rings. The van der Waals surface area contributed by atoms with Crippen LogP contribution in [0.5, 0.6) is 0 Å². The molecule has 33 heavy (non-hydrogen) atoms. The Labute approximate surface area is 202 Å². The first-order chi connectivity index (χ1) is 15.4. The fourth-order valence-electron chi connectivity index (χ4n) is 3.50. The number of anilines is 1. The van der Waals surface area contributed by atoms with Gasteiger partial charge < -0.3 is 0 Å². The van der Waals surface area contributed by atoms with Crippen molar-refractivity contribution < 1.29 is 21.6 Å². The number of alkyl halides is 3. The summed E-state index contributed by atoms with van der Waals surface area (Å²) in [6, 6.07) is 10.9. The zero-order valence-corrected chi connectivity index (χ0v) is 20.2. The van der Waals surface area contributed by atoms with Gasteiger partial charge in [-0.1, -0.05) is 35.3 Å². The summed E-state index contributed by atoms with van der Waals surface area (Å²) in [5.74, 6) is 0. The third-order valence-corrected chi connectivity index (χ3v) is 7.80. The molecule has 0 aliphatic heterocycles. The van der Waals surface area contributed by atoms with Gasteiger partial charge in [0.2, 0.25) is 0 Å². The van der Waals surface area contributed by atoms with E-state index in [1.54, 1.807) is 26.0 Å². The zero-order valence-electron chi connectivity index (χ0n) is 17.1. The van der Waals surface area contributed by atoms with Crippen molar-refractivity contribution in [3.63, 3.8) is 0 Å². The summed E-state index contributed by atoms with van der Waals surface area (Å²) >= 11 is 13.0. The number of pyridine rings is 1. The number of fused-ring (bicyclic) bond motifs is 1. The molecule has 11 heteroatoms. The predicted molar refractivity (Wildman–Crippen MR) is 127 cm³/mol. The topological polar surface area (TPSA) is 59.1 Å². The minimum atomic E-state index is -4.64. The first-order valence-corrected chi connectivity index (χ1v) is 12.5. The normalized spacial score (nSPS) is 12.3. The summed E-state index contributed by atoms with van der Waals surface area (Å²) in [6.45, 7) is 3.45. The molecule has 0 fully saturated rings. The van der Waals surface area contributed by atoms with Crippen molar-refractivity contribution in [2.45, 2.75) is 24.9 Å². The summed E-state index contributed by atoms with van der Waals surface area (Å²) in [4.78, 5) is 5.60. The van der Waals surface area contributed by atoms with Crippen LogP contribution in [0, 0.1) is 13.8 Å². The minimum Gasteiger partial charge on any atom is -0.279 e. The van der Waals surface area contributed by atoms with Crippen molar-refractivity contribution in [3.8, 4) is 11.1 Å². The fraction of sp³-hybridized carbons (Fsp3) is 0.136. The van der Waals surface area contributed by atoms with E-state index in [4.69, 9.17) is 23.2 Å². The number of rotatable bonds is 4. The van der Waals surface area contributed by atoms with Crippen LogP contribution in [0.15, 0.2) is 53.4 Å². The van der Waals surface area contributed by atoms with Crippen LogP contribution < -0.4 is 4.72 Å². The Kier molecular flexibility index (Phi) is 6.11. The molecule has 2 aromatic heterocycles. The maximum Gasteiger partial charge on any atom is 0.417 e. The smallest absolute Gasteiger partial charge is 0.279 e. The van der Waals surface area contributed by atoms with E-state index in [1.807, 2.05) is 0 Å². The van der Waals surface area contributed by atoms with Gasteiger partial charge in [0.05, 0.1) is 21.2 Å². The van der Waals surface area contributed by atoms with E-state index in [0.29, 0.717) is 26.4 Å². The van der Waals surface area contributed by atoms with Gasteiger partial charge in [0.15, 0.2) is 0 Å². The van der Waals surface area contributed by atoms with Crippen molar-refractivity contribution in [2.24, 2.45) is 0 Å². The lowest BCUT2D eigenvalue weighted by molar-refractivity contribution is -0.137. The molecule has 0 atom stereocenters. The molecule has 2 heterocycles. The van der Waals surface area contributed by atoms with E-state index in [0.717, 1.165) is 6.07 Å². The summed E-state index contributed by atoms with van der Waals surface area (Å²) in [5.41, 5.74) is 0.492. The van der Waals surface area contributed by atoms with E-state index < -0.39 is 26.8 Å². The van der Waals surface area contributed by atoms with Gasteiger partial charge in [-0.2, -0.15) is 13.2 Å². The standard InChI is InChI=1S/C22H15Cl2F3N2O2S2/c1-11-8-18(29-33(30,31)15-5-3-4-14(23)10-15)20-19(12(2)32-21(20)28-11)13-6-7-17(24)16(9-13)22(25,26)27/h3-10H,1-2H3,(H,28,29). The number of aryl methyl sites for hydroxylation is 2. The Morgan fingerprint density at radius 3 is 2.42 bits per heavy atom. The first kappa shape index (κ1) is 23.8. The van der Waals surface area contributed by atoms with Crippen molar-refractivity contribution in [2.75, 3.05) is 4.72 Å². The number of hydrogen-bond acceptors (Lipinski definition) is 4. The van der Waals surface area contributed by atoms with E-state index in [-0.39, 0.29) is 21.2 Å². The number of hydrogen-bond donors (Lipinski definition) is 1. The van der Waals surface area contributed by atoms with Gasteiger partial charge in [-0.25, -0.2) is 13.4 Å². The highest BCUT2D eigenvalue weighted by molar-refractivity contribution is 7.92. The zero-order chi connectivity index (χ0) is 24.1.